The SMILES string of the molecule is COc1cc(OCc2c(-c3ccc(C)nc3)noc2C)ncc1C(=O)NC1CCOCC1. The number of ether oxygens (including phenoxy) is 3. The number of methoxy groups -OCH3 is 1. The molecular weight excluding hydrogens is 412 g/mol. The fraction of sp³-hybridized carbons (Fsp3) is 0.391. The minimum absolute atomic E-state index is 0.0862. The standard InChI is InChI=1S/C23H26N4O5/c1-14-4-5-16(11-24-14)22-19(15(2)32-27-22)13-31-21-10-20(29-3)18(12-25-21)23(28)26-17-6-8-30-9-7-17/h4-5,10-12,17H,6-9,13H2,1-3H3,(H,26,28). The first-order valence-electron chi connectivity index (χ1n) is 10.5. The third-order valence-electron chi connectivity index (χ3n) is 5.40. The van der Waals surface area contributed by atoms with Crippen LogP contribution in [0.15, 0.2) is 35.1 Å². The number of amides is 1. The van der Waals surface area contributed by atoms with E-state index in [1.807, 2.05) is 26.0 Å². The van der Waals surface area contributed by atoms with Crippen LogP contribution in [0.3, 0.4) is 0 Å². The first-order chi connectivity index (χ1) is 15.5. The molecule has 0 unspecified atom stereocenters. The van der Waals surface area contributed by atoms with Crippen LogP contribution < -0.4 is 14.8 Å². The Kier molecular flexibility index (Phi) is 6.65. The summed E-state index contributed by atoms with van der Waals surface area (Å²) in [6.45, 7) is 5.25. The third kappa shape index (κ3) is 4.88. The van der Waals surface area contributed by atoms with Crippen LogP contribution in [0.5, 0.6) is 11.6 Å². The van der Waals surface area contributed by atoms with Crippen molar-refractivity contribution in [1.82, 2.24) is 20.4 Å². The van der Waals surface area contributed by atoms with Gasteiger partial charge in [0.1, 0.15) is 23.8 Å². The molecule has 1 fully saturated rings. The van der Waals surface area contributed by atoms with Crippen molar-refractivity contribution in [1.29, 1.82) is 0 Å². The molecule has 1 aliphatic rings. The molecule has 0 atom stereocenters. The highest BCUT2D eigenvalue weighted by Crippen LogP contribution is 2.28. The smallest absolute Gasteiger partial charge is 0.256 e. The minimum atomic E-state index is -0.225. The number of carbonyl (C=O) groups excluding carboxylic acids is 1. The van der Waals surface area contributed by atoms with Crippen molar-refractivity contribution in [2.24, 2.45) is 0 Å². The van der Waals surface area contributed by atoms with Crippen LogP contribution in [-0.2, 0) is 11.3 Å². The fourth-order valence-corrected chi connectivity index (χ4v) is 3.48. The monoisotopic (exact) mass is 438 g/mol. The van der Waals surface area contributed by atoms with Gasteiger partial charge in [0.15, 0.2) is 0 Å². The lowest BCUT2D eigenvalue weighted by Crippen LogP contribution is -2.39. The Balaban J connectivity index is 1.47. The Bertz CT molecular complexity index is 1070. The van der Waals surface area contributed by atoms with Gasteiger partial charge in [0.25, 0.3) is 5.91 Å². The largest absolute Gasteiger partial charge is 0.496 e. The van der Waals surface area contributed by atoms with E-state index in [1.165, 1.54) is 13.3 Å². The number of carbonyl (C=O) groups is 1. The summed E-state index contributed by atoms with van der Waals surface area (Å²) in [5.74, 6) is 1.15. The average Bonchev–Trinajstić information content (AvgIpc) is 3.18. The van der Waals surface area contributed by atoms with Crippen molar-refractivity contribution in [2.45, 2.75) is 39.3 Å². The van der Waals surface area contributed by atoms with E-state index in [1.54, 1.807) is 12.3 Å². The molecule has 3 aromatic heterocycles. The van der Waals surface area contributed by atoms with Crippen molar-refractivity contribution < 1.29 is 23.5 Å². The number of aromatic nitrogens is 3. The molecule has 4 heterocycles. The number of aryl methyl sites for hydroxylation is 2. The van der Waals surface area contributed by atoms with E-state index >= 15 is 0 Å². The van der Waals surface area contributed by atoms with E-state index in [0.29, 0.717) is 41.9 Å². The van der Waals surface area contributed by atoms with Crippen molar-refractivity contribution in [2.75, 3.05) is 20.3 Å². The lowest BCUT2D eigenvalue weighted by molar-refractivity contribution is 0.0695. The molecule has 0 saturated carbocycles. The molecule has 1 aliphatic heterocycles. The predicted molar refractivity (Wildman–Crippen MR) is 116 cm³/mol. The molecule has 0 spiro atoms. The maximum absolute atomic E-state index is 12.7. The van der Waals surface area contributed by atoms with Crippen LogP contribution in [0.1, 0.15) is 40.2 Å². The molecule has 1 amide bonds. The van der Waals surface area contributed by atoms with Crippen molar-refractivity contribution in [3.63, 3.8) is 0 Å². The van der Waals surface area contributed by atoms with Gasteiger partial charge < -0.3 is 24.1 Å². The van der Waals surface area contributed by atoms with E-state index in [4.69, 9.17) is 18.7 Å². The predicted octanol–water partition coefficient (Wildman–Crippen LogP) is 3.24. The van der Waals surface area contributed by atoms with Gasteiger partial charge in [-0.1, -0.05) is 5.16 Å². The van der Waals surface area contributed by atoms with Crippen molar-refractivity contribution in [3.05, 3.63) is 53.2 Å². The van der Waals surface area contributed by atoms with Gasteiger partial charge in [-0.2, -0.15) is 0 Å². The normalized spacial score (nSPS) is 14.2. The highest BCUT2D eigenvalue weighted by Gasteiger charge is 2.21. The molecule has 0 aliphatic carbocycles. The van der Waals surface area contributed by atoms with Gasteiger partial charge in [0, 0.05) is 49.0 Å². The summed E-state index contributed by atoms with van der Waals surface area (Å²) in [6.07, 6.45) is 4.80. The second-order valence-electron chi connectivity index (χ2n) is 7.63. The van der Waals surface area contributed by atoms with Crippen LogP contribution in [0.4, 0.5) is 0 Å². The number of hydrogen-bond acceptors (Lipinski definition) is 8. The van der Waals surface area contributed by atoms with Gasteiger partial charge in [0.05, 0.1) is 18.2 Å². The molecular formula is C23H26N4O5. The number of rotatable bonds is 7. The molecule has 9 heteroatoms. The quantitative estimate of drug-likeness (QED) is 0.599. The summed E-state index contributed by atoms with van der Waals surface area (Å²) in [4.78, 5) is 21.3. The number of nitrogens with one attached hydrogen (secondary N) is 1. The summed E-state index contributed by atoms with van der Waals surface area (Å²) in [5.41, 5.74) is 3.60. The summed E-state index contributed by atoms with van der Waals surface area (Å²) >= 11 is 0. The summed E-state index contributed by atoms with van der Waals surface area (Å²) in [7, 11) is 1.51. The molecule has 1 N–H and O–H groups in total. The molecule has 4 rings (SSSR count). The average molecular weight is 438 g/mol. The van der Waals surface area contributed by atoms with Crippen LogP contribution >= 0.6 is 0 Å². The van der Waals surface area contributed by atoms with Gasteiger partial charge in [-0.25, -0.2) is 4.98 Å². The Morgan fingerprint density at radius 2 is 2.00 bits per heavy atom. The maximum atomic E-state index is 12.7. The molecule has 0 radical (unpaired) electrons. The van der Waals surface area contributed by atoms with E-state index in [9.17, 15) is 4.79 Å². The highest BCUT2D eigenvalue weighted by molar-refractivity contribution is 5.96. The van der Waals surface area contributed by atoms with Gasteiger partial charge in [-0.15, -0.1) is 0 Å². The van der Waals surface area contributed by atoms with E-state index in [0.717, 1.165) is 29.7 Å². The summed E-state index contributed by atoms with van der Waals surface area (Å²) in [5, 5.41) is 7.17. The second kappa shape index (κ2) is 9.78. The first-order valence-corrected chi connectivity index (χ1v) is 10.5. The Morgan fingerprint density at radius 3 is 2.72 bits per heavy atom. The number of nitrogens with zero attached hydrogens (tertiary/aromatic N) is 3. The van der Waals surface area contributed by atoms with E-state index < -0.39 is 0 Å². The second-order valence-corrected chi connectivity index (χ2v) is 7.63. The van der Waals surface area contributed by atoms with Crippen molar-refractivity contribution in [3.8, 4) is 22.9 Å². The summed E-state index contributed by atoms with van der Waals surface area (Å²) in [6, 6.07) is 5.55. The molecule has 32 heavy (non-hydrogen) atoms. The van der Waals surface area contributed by atoms with Crippen LogP contribution in [0.25, 0.3) is 11.3 Å². The molecule has 0 bridgehead atoms. The molecule has 1 saturated heterocycles. The Labute approximate surface area is 186 Å². The maximum Gasteiger partial charge on any atom is 0.256 e. The van der Waals surface area contributed by atoms with Crippen LogP contribution in [-0.4, -0.2) is 47.4 Å². The number of pyridine rings is 2. The molecule has 9 nitrogen and oxygen atoms in total. The molecule has 3 aromatic rings. The van der Waals surface area contributed by atoms with Gasteiger partial charge in [-0.3, -0.25) is 9.78 Å². The van der Waals surface area contributed by atoms with Crippen LogP contribution in [0.2, 0.25) is 0 Å². The lowest BCUT2D eigenvalue weighted by Gasteiger charge is -2.23. The van der Waals surface area contributed by atoms with Crippen LogP contribution in [0, 0.1) is 13.8 Å². The Hall–Kier alpha value is -3.46. The Morgan fingerprint density at radius 1 is 1.19 bits per heavy atom. The number of hydrogen-bond donors (Lipinski definition) is 1. The molecule has 0 aromatic carbocycles. The minimum Gasteiger partial charge on any atom is -0.496 e. The van der Waals surface area contributed by atoms with E-state index in [-0.39, 0.29) is 18.6 Å². The van der Waals surface area contributed by atoms with Gasteiger partial charge in [0.2, 0.25) is 5.88 Å². The third-order valence-corrected chi connectivity index (χ3v) is 5.40. The zero-order valence-corrected chi connectivity index (χ0v) is 18.4. The van der Waals surface area contributed by atoms with E-state index in [2.05, 4.69) is 20.4 Å². The zero-order valence-electron chi connectivity index (χ0n) is 18.4. The topological polar surface area (TPSA) is 109 Å². The summed E-state index contributed by atoms with van der Waals surface area (Å²) < 4.78 is 22.0. The lowest BCUT2D eigenvalue weighted by atomic mass is 10.1. The zero-order chi connectivity index (χ0) is 22.5. The first kappa shape index (κ1) is 21.8. The highest BCUT2D eigenvalue weighted by atomic mass is 16.5. The molecule has 168 valence electrons. The fourth-order valence-electron chi connectivity index (χ4n) is 3.48. The van der Waals surface area contributed by atoms with Crippen molar-refractivity contribution >= 4 is 5.91 Å². The van der Waals surface area contributed by atoms with Gasteiger partial charge in [-0.05, 0) is 38.8 Å². The van der Waals surface area contributed by atoms with Gasteiger partial charge >= 0.3 is 0 Å².